The van der Waals surface area contributed by atoms with Crippen LogP contribution in [-0.2, 0) is 20.8 Å². The van der Waals surface area contributed by atoms with Crippen molar-refractivity contribution in [3.05, 3.63) is 53.2 Å². The maximum Gasteiger partial charge on any atom is 0.274 e. The summed E-state index contributed by atoms with van der Waals surface area (Å²) in [5.41, 5.74) is 0.581. The standard InChI is InChI=1S/C28H38FN5O6/c1-16(2)11-22(26(37)31-21(15-35)14-19-5-4-10-30-25(19)36)32-27(38)23(13-18-6-8-20(29)9-7-18)33-28(39)24-12-17(3)40-34-24/h6-9,12,16,19,21-23,35H,4-5,10-11,13-15H2,1-3H3,(H,30,36)(H,31,37)(H,32,38)(H,33,39). The fourth-order valence-electron chi connectivity index (χ4n) is 4.63. The van der Waals surface area contributed by atoms with Crippen LogP contribution in [-0.4, -0.2) is 65.2 Å². The van der Waals surface area contributed by atoms with Crippen molar-refractivity contribution in [2.75, 3.05) is 13.2 Å². The van der Waals surface area contributed by atoms with Crippen LogP contribution in [0.2, 0.25) is 0 Å². The summed E-state index contributed by atoms with van der Waals surface area (Å²) in [6.45, 7) is 5.67. The molecule has 5 N–H and O–H groups in total. The molecule has 40 heavy (non-hydrogen) atoms. The van der Waals surface area contributed by atoms with Gasteiger partial charge in [0.05, 0.1) is 12.6 Å². The van der Waals surface area contributed by atoms with Gasteiger partial charge < -0.3 is 30.9 Å². The average Bonchev–Trinajstić information content (AvgIpc) is 3.36. The summed E-state index contributed by atoms with van der Waals surface area (Å²) in [6, 6.07) is 4.20. The van der Waals surface area contributed by atoms with Gasteiger partial charge >= 0.3 is 0 Å². The first kappa shape index (κ1) is 30.7. The number of carbonyl (C=O) groups excluding carboxylic acids is 4. The molecule has 1 fully saturated rings. The number of carbonyl (C=O) groups is 4. The lowest BCUT2D eigenvalue weighted by molar-refractivity contribution is -0.131. The van der Waals surface area contributed by atoms with E-state index in [0.29, 0.717) is 30.7 Å². The van der Waals surface area contributed by atoms with Crippen molar-refractivity contribution in [3.63, 3.8) is 0 Å². The predicted octanol–water partition coefficient (Wildman–Crippen LogP) is 1.39. The molecule has 11 nitrogen and oxygen atoms in total. The summed E-state index contributed by atoms with van der Waals surface area (Å²) < 4.78 is 18.4. The molecule has 2 aromatic rings. The largest absolute Gasteiger partial charge is 0.394 e. The molecule has 1 aromatic heterocycles. The Balaban J connectivity index is 1.74. The molecule has 218 valence electrons. The van der Waals surface area contributed by atoms with Crippen LogP contribution in [0.15, 0.2) is 34.9 Å². The van der Waals surface area contributed by atoms with E-state index in [2.05, 4.69) is 26.4 Å². The van der Waals surface area contributed by atoms with E-state index in [1.807, 2.05) is 13.8 Å². The molecular weight excluding hydrogens is 521 g/mol. The van der Waals surface area contributed by atoms with Crippen molar-refractivity contribution >= 4 is 23.6 Å². The first-order valence-corrected chi connectivity index (χ1v) is 13.5. The molecule has 0 saturated carbocycles. The molecule has 2 heterocycles. The Morgan fingerprint density at radius 1 is 1.12 bits per heavy atom. The van der Waals surface area contributed by atoms with E-state index in [1.54, 1.807) is 6.92 Å². The SMILES string of the molecule is Cc1cc(C(=O)NC(Cc2ccc(F)cc2)C(=O)NC(CC(C)C)C(=O)NC(CO)CC2CCCNC2=O)no1. The van der Waals surface area contributed by atoms with Crippen LogP contribution in [0.5, 0.6) is 0 Å². The maximum atomic E-state index is 13.5. The molecule has 3 rings (SSSR count). The molecule has 0 aliphatic carbocycles. The number of hydrogen-bond donors (Lipinski definition) is 5. The highest BCUT2D eigenvalue weighted by molar-refractivity contribution is 5.97. The number of aliphatic hydroxyl groups excluding tert-OH is 1. The monoisotopic (exact) mass is 559 g/mol. The lowest BCUT2D eigenvalue weighted by atomic mass is 9.91. The quantitative estimate of drug-likeness (QED) is 0.248. The van der Waals surface area contributed by atoms with Gasteiger partial charge in [-0.1, -0.05) is 31.1 Å². The van der Waals surface area contributed by atoms with Gasteiger partial charge in [0, 0.05) is 24.9 Å². The molecule has 1 saturated heterocycles. The zero-order chi connectivity index (χ0) is 29.2. The zero-order valence-corrected chi connectivity index (χ0v) is 23.0. The maximum absolute atomic E-state index is 13.5. The summed E-state index contributed by atoms with van der Waals surface area (Å²) >= 11 is 0. The number of halogens is 1. The second-order valence-corrected chi connectivity index (χ2v) is 10.6. The third kappa shape index (κ3) is 9.15. The lowest BCUT2D eigenvalue weighted by Gasteiger charge is -2.28. The van der Waals surface area contributed by atoms with Crippen LogP contribution in [0.25, 0.3) is 0 Å². The van der Waals surface area contributed by atoms with Crippen LogP contribution >= 0.6 is 0 Å². The van der Waals surface area contributed by atoms with Crippen molar-refractivity contribution in [2.24, 2.45) is 11.8 Å². The van der Waals surface area contributed by atoms with Crippen LogP contribution in [0.1, 0.15) is 61.3 Å². The van der Waals surface area contributed by atoms with Crippen molar-refractivity contribution < 1.29 is 33.2 Å². The van der Waals surface area contributed by atoms with Crippen molar-refractivity contribution in [3.8, 4) is 0 Å². The number of aryl methyl sites for hydroxylation is 1. The minimum atomic E-state index is -1.11. The first-order chi connectivity index (χ1) is 19.0. The van der Waals surface area contributed by atoms with Crippen molar-refractivity contribution in [2.45, 2.75) is 71.0 Å². The zero-order valence-electron chi connectivity index (χ0n) is 23.0. The van der Waals surface area contributed by atoms with Gasteiger partial charge in [-0.15, -0.1) is 0 Å². The molecular formula is C28H38FN5O6. The Morgan fingerprint density at radius 2 is 1.82 bits per heavy atom. The van der Waals surface area contributed by atoms with Gasteiger partial charge in [-0.2, -0.15) is 0 Å². The second kappa shape index (κ2) is 14.5. The van der Waals surface area contributed by atoms with Gasteiger partial charge in [0.25, 0.3) is 5.91 Å². The van der Waals surface area contributed by atoms with Crippen LogP contribution in [0.4, 0.5) is 4.39 Å². The van der Waals surface area contributed by atoms with Gasteiger partial charge in [-0.25, -0.2) is 4.39 Å². The topological polar surface area (TPSA) is 163 Å². The summed E-state index contributed by atoms with van der Waals surface area (Å²) in [7, 11) is 0. The third-order valence-corrected chi connectivity index (χ3v) is 6.71. The van der Waals surface area contributed by atoms with E-state index in [4.69, 9.17) is 4.52 Å². The summed E-state index contributed by atoms with van der Waals surface area (Å²) in [5.74, 6) is -2.19. The minimum Gasteiger partial charge on any atom is -0.394 e. The number of hydrogen-bond acceptors (Lipinski definition) is 7. The molecule has 4 amide bonds. The van der Waals surface area contributed by atoms with E-state index >= 15 is 0 Å². The van der Waals surface area contributed by atoms with Gasteiger partial charge in [0.1, 0.15) is 23.7 Å². The van der Waals surface area contributed by atoms with Crippen molar-refractivity contribution in [1.82, 2.24) is 26.4 Å². The van der Waals surface area contributed by atoms with E-state index in [9.17, 15) is 28.7 Å². The summed E-state index contributed by atoms with van der Waals surface area (Å²) in [4.78, 5) is 51.7. The third-order valence-electron chi connectivity index (χ3n) is 6.71. The number of aromatic nitrogens is 1. The predicted molar refractivity (Wildman–Crippen MR) is 143 cm³/mol. The highest BCUT2D eigenvalue weighted by Gasteiger charge is 2.31. The van der Waals surface area contributed by atoms with E-state index in [0.717, 1.165) is 6.42 Å². The second-order valence-electron chi connectivity index (χ2n) is 10.6. The van der Waals surface area contributed by atoms with Crippen LogP contribution < -0.4 is 21.3 Å². The Morgan fingerprint density at radius 3 is 2.42 bits per heavy atom. The number of nitrogens with one attached hydrogen (secondary N) is 4. The van der Waals surface area contributed by atoms with E-state index in [1.165, 1.54) is 30.3 Å². The lowest BCUT2D eigenvalue weighted by Crippen LogP contribution is -2.56. The molecule has 1 aliphatic rings. The molecule has 12 heteroatoms. The Kier molecular flexibility index (Phi) is 11.2. The summed E-state index contributed by atoms with van der Waals surface area (Å²) in [5, 5.41) is 24.5. The highest BCUT2D eigenvalue weighted by atomic mass is 19.1. The van der Waals surface area contributed by atoms with E-state index in [-0.39, 0.29) is 42.9 Å². The molecule has 1 aliphatic heterocycles. The summed E-state index contributed by atoms with van der Waals surface area (Å²) in [6.07, 6.45) is 2.08. The van der Waals surface area contributed by atoms with Gasteiger partial charge in [0.2, 0.25) is 17.7 Å². The Hall–Kier alpha value is -3.80. The van der Waals surface area contributed by atoms with Crippen LogP contribution in [0.3, 0.4) is 0 Å². The molecule has 0 radical (unpaired) electrons. The Labute approximate surface area is 232 Å². The number of aliphatic hydroxyl groups is 1. The number of rotatable bonds is 13. The number of benzene rings is 1. The average molecular weight is 560 g/mol. The molecule has 1 aromatic carbocycles. The first-order valence-electron chi connectivity index (χ1n) is 13.5. The normalized spacial score (nSPS) is 17.4. The van der Waals surface area contributed by atoms with E-state index < -0.39 is 41.7 Å². The smallest absolute Gasteiger partial charge is 0.274 e. The molecule has 0 spiro atoms. The minimum absolute atomic E-state index is 0.0107. The fraction of sp³-hybridized carbons (Fsp3) is 0.536. The van der Waals surface area contributed by atoms with Gasteiger partial charge in [-0.05, 0) is 56.2 Å². The highest BCUT2D eigenvalue weighted by Crippen LogP contribution is 2.18. The van der Waals surface area contributed by atoms with Gasteiger partial charge in [0.15, 0.2) is 5.69 Å². The molecule has 4 atom stereocenters. The number of nitrogens with zero attached hydrogens (tertiary/aromatic N) is 1. The Bertz CT molecular complexity index is 1170. The van der Waals surface area contributed by atoms with Crippen molar-refractivity contribution in [1.29, 1.82) is 0 Å². The number of amides is 4. The fourth-order valence-corrected chi connectivity index (χ4v) is 4.63. The number of piperidine rings is 1. The van der Waals surface area contributed by atoms with Gasteiger partial charge in [-0.3, -0.25) is 19.2 Å². The molecule has 0 bridgehead atoms. The van der Waals surface area contributed by atoms with Crippen LogP contribution in [0, 0.1) is 24.6 Å². The molecule has 4 unspecified atom stereocenters.